The van der Waals surface area contributed by atoms with E-state index in [9.17, 15) is 5.11 Å². The summed E-state index contributed by atoms with van der Waals surface area (Å²) >= 11 is 6.35. The third-order valence-electron chi connectivity index (χ3n) is 4.51. The van der Waals surface area contributed by atoms with E-state index < -0.39 is 0 Å². The van der Waals surface area contributed by atoms with Gasteiger partial charge >= 0.3 is 0 Å². The van der Waals surface area contributed by atoms with Gasteiger partial charge in [0.05, 0.1) is 17.3 Å². The molecule has 140 valence electrons. The summed E-state index contributed by atoms with van der Waals surface area (Å²) in [5.74, 6) is 1.30. The summed E-state index contributed by atoms with van der Waals surface area (Å²) in [6.07, 6.45) is 7.42. The zero-order chi connectivity index (χ0) is 18.4. The number of hydrogen-bond donors (Lipinski definition) is 3. The number of halogens is 1. The highest BCUT2D eigenvalue weighted by atomic mass is 35.5. The molecular formula is C19H25ClN4O2. The third kappa shape index (κ3) is 5.06. The van der Waals surface area contributed by atoms with Gasteiger partial charge in [-0.25, -0.2) is 4.98 Å². The summed E-state index contributed by atoms with van der Waals surface area (Å²) in [5, 5.41) is 16.4. The molecule has 1 aliphatic rings. The molecule has 0 unspecified atom stereocenters. The third-order valence-corrected chi connectivity index (χ3v) is 4.81. The molecule has 0 amide bonds. The smallest absolute Gasteiger partial charge is 0.126 e. The lowest BCUT2D eigenvalue weighted by molar-refractivity contribution is 0.0699. The minimum atomic E-state index is -0.0814. The van der Waals surface area contributed by atoms with Gasteiger partial charge in [-0.15, -0.1) is 0 Å². The van der Waals surface area contributed by atoms with Crippen LogP contribution in [-0.4, -0.2) is 47.5 Å². The van der Waals surface area contributed by atoms with E-state index >= 15 is 0 Å². The maximum atomic E-state index is 9.20. The first-order valence-corrected chi connectivity index (χ1v) is 9.33. The SMILES string of the molecule is C[C@@H](CO)Nc1cc(-c2cncc(NCC3CCOCC3)c2)c(Cl)cn1. The number of rotatable bonds is 7. The molecule has 1 fully saturated rings. The van der Waals surface area contributed by atoms with Gasteiger partial charge < -0.3 is 20.5 Å². The van der Waals surface area contributed by atoms with Crippen molar-refractivity contribution in [2.45, 2.75) is 25.8 Å². The Balaban J connectivity index is 1.73. The minimum absolute atomic E-state index is 0.0345. The summed E-state index contributed by atoms with van der Waals surface area (Å²) in [4.78, 5) is 8.62. The minimum Gasteiger partial charge on any atom is -0.394 e. The van der Waals surface area contributed by atoms with Crippen LogP contribution >= 0.6 is 11.6 Å². The van der Waals surface area contributed by atoms with E-state index in [4.69, 9.17) is 16.3 Å². The Morgan fingerprint density at radius 2 is 2.08 bits per heavy atom. The van der Waals surface area contributed by atoms with Gasteiger partial charge in [0.1, 0.15) is 5.82 Å². The molecule has 0 radical (unpaired) electrons. The summed E-state index contributed by atoms with van der Waals surface area (Å²) < 4.78 is 5.41. The van der Waals surface area contributed by atoms with Crippen LogP contribution in [0.3, 0.4) is 0 Å². The Kier molecular flexibility index (Phi) is 6.66. The van der Waals surface area contributed by atoms with Crippen molar-refractivity contribution < 1.29 is 9.84 Å². The van der Waals surface area contributed by atoms with Crippen LogP contribution < -0.4 is 10.6 Å². The molecule has 6 nitrogen and oxygen atoms in total. The molecule has 0 saturated carbocycles. The molecule has 1 atom stereocenters. The molecule has 3 rings (SSSR count). The fourth-order valence-corrected chi connectivity index (χ4v) is 3.15. The average molecular weight is 377 g/mol. The van der Waals surface area contributed by atoms with Crippen molar-refractivity contribution in [3.8, 4) is 11.1 Å². The topological polar surface area (TPSA) is 79.3 Å². The molecule has 2 aromatic heterocycles. The molecule has 7 heteroatoms. The second-order valence-electron chi connectivity index (χ2n) is 6.68. The first-order chi connectivity index (χ1) is 12.7. The Bertz CT molecular complexity index is 722. The second-order valence-corrected chi connectivity index (χ2v) is 7.08. The number of anilines is 2. The van der Waals surface area contributed by atoms with Crippen LogP contribution in [-0.2, 0) is 4.74 Å². The normalized spacial score (nSPS) is 16.3. The Hall–Kier alpha value is -1.89. The van der Waals surface area contributed by atoms with Crippen molar-refractivity contribution in [2.75, 3.05) is 37.0 Å². The van der Waals surface area contributed by atoms with Gasteiger partial charge in [0.15, 0.2) is 0 Å². The van der Waals surface area contributed by atoms with E-state index in [-0.39, 0.29) is 12.6 Å². The maximum Gasteiger partial charge on any atom is 0.126 e. The standard InChI is InChI=1S/C19H25ClN4O2/c1-13(12-25)24-19-7-17(18(20)11-23-19)15-6-16(10-21-9-15)22-8-14-2-4-26-5-3-14/h6-7,9-11,13-14,22,25H,2-5,8,12H2,1H3,(H,23,24)/t13-/m0/s1. The number of nitrogens with one attached hydrogen (secondary N) is 2. The lowest BCUT2D eigenvalue weighted by Gasteiger charge is -2.22. The van der Waals surface area contributed by atoms with Crippen molar-refractivity contribution in [2.24, 2.45) is 5.92 Å². The van der Waals surface area contributed by atoms with Gasteiger partial charge in [0, 0.05) is 55.5 Å². The molecule has 0 aromatic carbocycles. The van der Waals surface area contributed by atoms with Crippen molar-refractivity contribution in [1.29, 1.82) is 0 Å². The van der Waals surface area contributed by atoms with Gasteiger partial charge in [-0.05, 0) is 37.8 Å². The lowest BCUT2D eigenvalue weighted by atomic mass is 10.0. The van der Waals surface area contributed by atoms with E-state index in [1.807, 2.05) is 25.3 Å². The first-order valence-electron chi connectivity index (χ1n) is 8.95. The Morgan fingerprint density at radius 3 is 2.85 bits per heavy atom. The number of hydrogen-bond acceptors (Lipinski definition) is 6. The summed E-state index contributed by atoms with van der Waals surface area (Å²) in [5.41, 5.74) is 2.76. The fourth-order valence-electron chi connectivity index (χ4n) is 2.93. The quantitative estimate of drug-likeness (QED) is 0.687. The molecule has 26 heavy (non-hydrogen) atoms. The summed E-state index contributed by atoms with van der Waals surface area (Å²) in [6, 6.07) is 3.85. The van der Waals surface area contributed by atoms with Crippen LogP contribution in [0.1, 0.15) is 19.8 Å². The highest BCUT2D eigenvalue weighted by molar-refractivity contribution is 6.33. The maximum absolute atomic E-state index is 9.20. The van der Waals surface area contributed by atoms with Crippen LogP contribution in [0, 0.1) is 5.92 Å². The average Bonchev–Trinajstić information content (AvgIpc) is 2.69. The zero-order valence-electron chi connectivity index (χ0n) is 14.9. The molecule has 1 saturated heterocycles. The largest absolute Gasteiger partial charge is 0.394 e. The van der Waals surface area contributed by atoms with E-state index in [2.05, 4.69) is 20.6 Å². The molecule has 3 heterocycles. The number of aliphatic hydroxyl groups excluding tert-OH is 1. The number of nitrogens with zero attached hydrogens (tertiary/aromatic N) is 2. The highest BCUT2D eigenvalue weighted by Crippen LogP contribution is 2.30. The monoisotopic (exact) mass is 376 g/mol. The molecule has 2 aromatic rings. The van der Waals surface area contributed by atoms with Crippen LogP contribution in [0.2, 0.25) is 5.02 Å². The fraction of sp³-hybridized carbons (Fsp3) is 0.474. The second kappa shape index (κ2) is 9.16. The van der Waals surface area contributed by atoms with Gasteiger partial charge in [-0.2, -0.15) is 0 Å². The Morgan fingerprint density at radius 1 is 1.27 bits per heavy atom. The Labute approximate surface area is 159 Å². The van der Waals surface area contributed by atoms with Crippen molar-refractivity contribution in [3.05, 3.63) is 35.7 Å². The molecule has 0 spiro atoms. The summed E-state index contributed by atoms with van der Waals surface area (Å²) in [6.45, 7) is 4.53. The molecule has 3 N–H and O–H groups in total. The molecule has 0 aliphatic carbocycles. The van der Waals surface area contributed by atoms with Crippen molar-refractivity contribution in [3.63, 3.8) is 0 Å². The van der Waals surface area contributed by atoms with Crippen LogP contribution in [0.25, 0.3) is 11.1 Å². The number of aliphatic hydroxyl groups is 1. The zero-order valence-corrected chi connectivity index (χ0v) is 15.7. The lowest BCUT2D eigenvalue weighted by Crippen LogP contribution is -2.22. The molecular weight excluding hydrogens is 352 g/mol. The van der Waals surface area contributed by atoms with Gasteiger partial charge in [-0.1, -0.05) is 11.6 Å². The molecule has 0 bridgehead atoms. The number of aromatic nitrogens is 2. The van der Waals surface area contributed by atoms with E-state index in [1.165, 1.54) is 0 Å². The first kappa shape index (κ1) is 18.9. The van der Waals surface area contributed by atoms with Crippen molar-refractivity contribution >= 4 is 23.1 Å². The number of ether oxygens (including phenoxy) is 1. The van der Waals surface area contributed by atoms with Crippen LogP contribution in [0.15, 0.2) is 30.7 Å². The van der Waals surface area contributed by atoms with Gasteiger partial charge in [0.25, 0.3) is 0 Å². The van der Waals surface area contributed by atoms with E-state index in [1.54, 1.807) is 12.4 Å². The van der Waals surface area contributed by atoms with Crippen LogP contribution in [0.4, 0.5) is 11.5 Å². The van der Waals surface area contributed by atoms with Gasteiger partial charge in [0.2, 0.25) is 0 Å². The van der Waals surface area contributed by atoms with E-state index in [0.717, 1.165) is 49.4 Å². The molecule has 1 aliphatic heterocycles. The summed E-state index contributed by atoms with van der Waals surface area (Å²) in [7, 11) is 0. The van der Waals surface area contributed by atoms with Gasteiger partial charge in [-0.3, -0.25) is 4.98 Å². The highest BCUT2D eigenvalue weighted by Gasteiger charge is 2.14. The predicted molar refractivity (Wildman–Crippen MR) is 105 cm³/mol. The predicted octanol–water partition coefficient (Wildman–Crippen LogP) is 3.43. The van der Waals surface area contributed by atoms with Crippen molar-refractivity contribution in [1.82, 2.24) is 9.97 Å². The van der Waals surface area contributed by atoms with E-state index in [0.29, 0.717) is 16.8 Å². The number of pyridine rings is 2. The van der Waals surface area contributed by atoms with Crippen LogP contribution in [0.5, 0.6) is 0 Å².